The monoisotopic (exact) mass is 202 g/mol. The van der Waals surface area contributed by atoms with Crippen LogP contribution < -0.4 is 5.56 Å². The number of nitroso groups, excluding NO2 is 1. The van der Waals surface area contributed by atoms with Crippen LogP contribution in [0.1, 0.15) is 11.1 Å². The first kappa shape index (κ1) is 9.58. The number of aromatic amines is 1. The Hall–Kier alpha value is -1.97. The number of aromatic nitrogens is 1. The summed E-state index contributed by atoms with van der Waals surface area (Å²) < 4.78 is 0. The lowest BCUT2D eigenvalue weighted by Crippen LogP contribution is -2.12. The molecule has 0 saturated heterocycles. The molecule has 0 radical (unpaired) electrons. The summed E-state index contributed by atoms with van der Waals surface area (Å²) in [5.74, 6) is 0. The molecule has 0 fully saturated rings. The fourth-order valence-electron chi connectivity index (χ4n) is 1.68. The summed E-state index contributed by atoms with van der Waals surface area (Å²) in [7, 11) is 0. The van der Waals surface area contributed by atoms with Crippen LogP contribution in [0.3, 0.4) is 0 Å². The predicted octanol–water partition coefficient (Wildman–Crippen LogP) is 2.10. The number of nitrogens with one attached hydrogen (secondary N) is 1. The fourth-order valence-corrected chi connectivity index (χ4v) is 1.68. The van der Waals surface area contributed by atoms with Crippen LogP contribution in [0.2, 0.25) is 0 Å². The first-order valence-electron chi connectivity index (χ1n) is 4.63. The van der Waals surface area contributed by atoms with Gasteiger partial charge in [-0.05, 0) is 18.6 Å². The SMILES string of the molecule is Cc1c(CN=O)c2ccccc2[nH]c1=O. The summed E-state index contributed by atoms with van der Waals surface area (Å²) in [6.45, 7) is 1.74. The normalized spacial score (nSPS) is 10.5. The van der Waals surface area contributed by atoms with Gasteiger partial charge in [-0.15, -0.1) is 0 Å². The Kier molecular flexibility index (Phi) is 2.33. The average molecular weight is 202 g/mol. The summed E-state index contributed by atoms with van der Waals surface area (Å²) >= 11 is 0. The van der Waals surface area contributed by atoms with E-state index >= 15 is 0 Å². The minimum absolute atomic E-state index is 0.0380. The summed E-state index contributed by atoms with van der Waals surface area (Å²) in [4.78, 5) is 24.6. The van der Waals surface area contributed by atoms with Gasteiger partial charge in [0, 0.05) is 16.5 Å². The Morgan fingerprint density at radius 2 is 2.07 bits per heavy atom. The van der Waals surface area contributed by atoms with Crippen LogP contribution in [0.25, 0.3) is 10.9 Å². The molecule has 0 bridgehead atoms. The quantitative estimate of drug-likeness (QED) is 0.758. The molecule has 0 aliphatic rings. The van der Waals surface area contributed by atoms with Crippen molar-refractivity contribution in [3.8, 4) is 0 Å². The Balaban J connectivity index is 2.88. The molecule has 0 atom stereocenters. The molecule has 0 aliphatic heterocycles. The fraction of sp³-hybridized carbons (Fsp3) is 0.182. The molecule has 76 valence electrons. The van der Waals surface area contributed by atoms with Crippen LogP contribution >= 0.6 is 0 Å². The predicted molar refractivity (Wildman–Crippen MR) is 58.8 cm³/mol. The lowest BCUT2D eigenvalue weighted by molar-refractivity contribution is 1.03. The molecule has 2 rings (SSSR count). The number of fused-ring (bicyclic) bond motifs is 1. The molecule has 1 aromatic heterocycles. The molecule has 0 spiro atoms. The highest BCUT2D eigenvalue weighted by Crippen LogP contribution is 2.18. The van der Waals surface area contributed by atoms with Gasteiger partial charge in [-0.3, -0.25) is 4.79 Å². The van der Waals surface area contributed by atoms with Gasteiger partial charge in [0.25, 0.3) is 5.56 Å². The van der Waals surface area contributed by atoms with Crippen LogP contribution in [-0.4, -0.2) is 4.98 Å². The number of para-hydroxylation sites is 1. The third-order valence-corrected chi connectivity index (χ3v) is 2.52. The average Bonchev–Trinajstić information content (AvgIpc) is 2.25. The highest BCUT2D eigenvalue weighted by molar-refractivity contribution is 5.82. The van der Waals surface area contributed by atoms with Gasteiger partial charge in [-0.1, -0.05) is 23.4 Å². The van der Waals surface area contributed by atoms with Crippen molar-refractivity contribution in [2.75, 3.05) is 0 Å². The van der Waals surface area contributed by atoms with Crippen molar-refractivity contribution in [2.24, 2.45) is 5.18 Å². The number of hydrogen-bond acceptors (Lipinski definition) is 3. The van der Waals surface area contributed by atoms with Gasteiger partial charge in [-0.2, -0.15) is 4.91 Å². The molecular formula is C11H10N2O2. The van der Waals surface area contributed by atoms with Gasteiger partial charge in [0.05, 0.1) is 0 Å². The lowest BCUT2D eigenvalue weighted by Gasteiger charge is -2.05. The maximum Gasteiger partial charge on any atom is 0.251 e. The summed E-state index contributed by atoms with van der Waals surface area (Å²) in [5, 5.41) is 3.74. The standard InChI is InChI=1S/C11H10N2O2/c1-7-9(6-12-15)8-4-2-3-5-10(8)13-11(7)14/h2-5H,6H2,1H3,(H,13,14). The van der Waals surface area contributed by atoms with E-state index in [-0.39, 0.29) is 12.1 Å². The molecule has 2 aromatic rings. The van der Waals surface area contributed by atoms with Gasteiger partial charge >= 0.3 is 0 Å². The first-order valence-corrected chi connectivity index (χ1v) is 4.63. The summed E-state index contributed by atoms with van der Waals surface area (Å²) in [6.07, 6.45) is 0. The van der Waals surface area contributed by atoms with Crippen LogP contribution in [0, 0.1) is 11.8 Å². The van der Waals surface area contributed by atoms with Crippen molar-refractivity contribution in [3.05, 3.63) is 50.7 Å². The van der Waals surface area contributed by atoms with Crippen molar-refractivity contribution in [3.63, 3.8) is 0 Å². The van der Waals surface area contributed by atoms with Crippen LogP contribution in [0.4, 0.5) is 0 Å². The molecule has 0 aliphatic carbocycles. The topological polar surface area (TPSA) is 62.3 Å². The summed E-state index contributed by atoms with van der Waals surface area (Å²) in [5.41, 5.74) is 1.86. The highest BCUT2D eigenvalue weighted by atomic mass is 16.3. The van der Waals surface area contributed by atoms with Crippen molar-refractivity contribution >= 4 is 10.9 Å². The number of pyridine rings is 1. The van der Waals surface area contributed by atoms with Crippen LogP contribution in [0.5, 0.6) is 0 Å². The summed E-state index contributed by atoms with van der Waals surface area (Å²) in [6, 6.07) is 7.39. The van der Waals surface area contributed by atoms with Gasteiger partial charge in [0.2, 0.25) is 0 Å². The lowest BCUT2D eigenvalue weighted by atomic mass is 10.0. The molecule has 0 saturated carbocycles. The third kappa shape index (κ3) is 1.54. The largest absolute Gasteiger partial charge is 0.322 e. The molecule has 0 amide bonds. The molecule has 0 unspecified atom stereocenters. The Morgan fingerprint density at radius 3 is 2.80 bits per heavy atom. The molecule has 15 heavy (non-hydrogen) atoms. The van der Waals surface area contributed by atoms with Gasteiger partial charge in [0.1, 0.15) is 6.54 Å². The smallest absolute Gasteiger partial charge is 0.251 e. The zero-order valence-corrected chi connectivity index (χ0v) is 8.28. The van der Waals surface area contributed by atoms with Crippen molar-refractivity contribution in [1.82, 2.24) is 4.98 Å². The molecule has 1 aromatic carbocycles. The minimum Gasteiger partial charge on any atom is -0.322 e. The van der Waals surface area contributed by atoms with Crippen molar-refractivity contribution in [2.45, 2.75) is 13.5 Å². The van der Waals surface area contributed by atoms with E-state index in [1.54, 1.807) is 6.92 Å². The Labute approximate surface area is 85.9 Å². The third-order valence-electron chi connectivity index (χ3n) is 2.52. The second kappa shape index (κ2) is 3.65. The molecule has 1 N–H and O–H groups in total. The number of rotatable bonds is 2. The van der Waals surface area contributed by atoms with E-state index in [0.717, 1.165) is 10.9 Å². The second-order valence-electron chi connectivity index (χ2n) is 3.39. The molecule has 4 heteroatoms. The van der Waals surface area contributed by atoms with E-state index in [9.17, 15) is 9.70 Å². The van der Waals surface area contributed by atoms with Crippen LogP contribution in [-0.2, 0) is 6.54 Å². The Bertz CT molecular complexity index is 572. The van der Waals surface area contributed by atoms with Crippen molar-refractivity contribution in [1.29, 1.82) is 0 Å². The highest BCUT2D eigenvalue weighted by Gasteiger charge is 2.08. The van der Waals surface area contributed by atoms with E-state index in [0.29, 0.717) is 11.1 Å². The second-order valence-corrected chi connectivity index (χ2v) is 3.39. The van der Waals surface area contributed by atoms with Crippen LogP contribution in [0.15, 0.2) is 34.2 Å². The zero-order valence-electron chi connectivity index (χ0n) is 8.28. The minimum atomic E-state index is -0.160. The molecular weight excluding hydrogens is 192 g/mol. The van der Waals surface area contributed by atoms with Crippen molar-refractivity contribution < 1.29 is 0 Å². The number of nitrogens with zero attached hydrogens (tertiary/aromatic N) is 1. The zero-order chi connectivity index (χ0) is 10.8. The number of H-pyrrole nitrogens is 1. The van der Waals surface area contributed by atoms with Gasteiger partial charge < -0.3 is 4.98 Å². The molecule has 4 nitrogen and oxygen atoms in total. The number of benzene rings is 1. The number of hydrogen-bond donors (Lipinski definition) is 1. The Morgan fingerprint density at radius 1 is 1.33 bits per heavy atom. The maximum absolute atomic E-state index is 11.5. The van der Waals surface area contributed by atoms with E-state index in [1.165, 1.54) is 0 Å². The van der Waals surface area contributed by atoms with Gasteiger partial charge in [-0.25, -0.2) is 0 Å². The first-order chi connectivity index (χ1) is 7.24. The maximum atomic E-state index is 11.5. The van der Waals surface area contributed by atoms with E-state index < -0.39 is 0 Å². The molecule has 1 heterocycles. The van der Waals surface area contributed by atoms with Gasteiger partial charge in [0.15, 0.2) is 0 Å². The van der Waals surface area contributed by atoms with E-state index in [1.807, 2.05) is 24.3 Å². The van der Waals surface area contributed by atoms with E-state index in [4.69, 9.17) is 0 Å². The van der Waals surface area contributed by atoms with E-state index in [2.05, 4.69) is 10.2 Å².